The number of ether oxygens (including phenoxy) is 1. The largest absolute Gasteiger partial charge is 0.389 e. The van der Waals surface area contributed by atoms with Crippen LogP contribution in [0.15, 0.2) is 48.8 Å². The number of nitrogens with zero attached hydrogens (tertiary/aromatic N) is 4. The van der Waals surface area contributed by atoms with Gasteiger partial charge in [-0.25, -0.2) is 4.98 Å². The molecule has 0 amide bonds. The molecule has 7 nitrogen and oxygen atoms in total. The smallest absolute Gasteiger partial charge is 0.160 e. The molecule has 0 saturated heterocycles. The van der Waals surface area contributed by atoms with Gasteiger partial charge >= 0.3 is 0 Å². The van der Waals surface area contributed by atoms with Crippen molar-refractivity contribution in [1.29, 1.82) is 0 Å². The topological polar surface area (TPSA) is 77.1 Å². The maximum Gasteiger partial charge on any atom is 0.160 e. The summed E-state index contributed by atoms with van der Waals surface area (Å²) >= 11 is 0. The molecule has 26 heavy (non-hydrogen) atoms. The van der Waals surface area contributed by atoms with E-state index >= 15 is 0 Å². The van der Waals surface area contributed by atoms with E-state index in [9.17, 15) is 5.11 Å². The van der Waals surface area contributed by atoms with Gasteiger partial charge in [0.25, 0.3) is 0 Å². The van der Waals surface area contributed by atoms with Crippen LogP contribution in [-0.4, -0.2) is 43.7 Å². The minimum absolute atomic E-state index is 0.274. The Labute approximate surface area is 152 Å². The number of benzene rings is 1. The molecule has 0 unspecified atom stereocenters. The van der Waals surface area contributed by atoms with Gasteiger partial charge in [-0.2, -0.15) is 5.10 Å². The fourth-order valence-corrected chi connectivity index (χ4v) is 3.16. The van der Waals surface area contributed by atoms with Crippen molar-refractivity contribution in [2.45, 2.75) is 32.3 Å². The highest BCUT2D eigenvalue weighted by atomic mass is 16.5. The molecule has 1 aliphatic rings. The van der Waals surface area contributed by atoms with Crippen LogP contribution in [0.25, 0.3) is 11.5 Å². The Balaban J connectivity index is 1.37. The van der Waals surface area contributed by atoms with Crippen LogP contribution >= 0.6 is 0 Å². The van der Waals surface area contributed by atoms with Crippen LogP contribution in [0.2, 0.25) is 0 Å². The first kappa shape index (κ1) is 17.0. The van der Waals surface area contributed by atoms with E-state index in [1.165, 1.54) is 0 Å². The number of imidazole rings is 1. The summed E-state index contributed by atoms with van der Waals surface area (Å²) in [5.74, 6) is 0.772. The number of hydrogen-bond acceptors (Lipinski definition) is 5. The average molecular weight is 353 g/mol. The zero-order valence-electron chi connectivity index (χ0n) is 14.6. The Morgan fingerprint density at radius 1 is 1.27 bits per heavy atom. The standard InChI is InChI=1S/C19H23N5O2/c25-17(14-26-13-15-4-2-1-3-5-15)12-23-8-7-21-19(23)18-10-16-11-20-6-9-24(16)22-18/h1-5,7-8,10,17,20,25H,6,9,11-14H2/t17-/m0/s1. The van der Waals surface area contributed by atoms with Gasteiger partial charge in [-0.1, -0.05) is 30.3 Å². The molecule has 0 saturated carbocycles. The molecule has 0 spiro atoms. The summed E-state index contributed by atoms with van der Waals surface area (Å²) in [4.78, 5) is 4.43. The van der Waals surface area contributed by atoms with Crippen molar-refractivity contribution in [3.05, 3.63) is 60.0 Å². The second-order valence-corrected chi connectivity index (χ2v) is 6.48. The quantitative estimate of drug-likeness (QED) is 0.672. The summed E-state index contributed by atoms with van der Waals surface area (Å²) < 4.78 is 9.58. The number of aromatic nitrogens is 4. The second-order valence-electron chi connectivity index (χ2n) is 6.48. The third-order valence-corrected chi connectivity index (χ3v) is 4.44. The molecule has 136 valence electrons. The van der Waals surface area contributed by atoms with Crippen molar-refractivity contribution < 1.29 is 9.84 Å². The summed E-state index contributed by atoms with van der Waals surface area (Å²) in [7, 11) is 0. The molecule has 7 heteroatoms. The summed E-state index contributed by atoms with van der Waals surface area (Å²) in [6.45, 7) is 3.81. The minimum Gasteiger partial charge on any atom is -0.389 e. The zero-order valence-corrected chi connectivity index (χ0v) is 14.6. The van der Waals surface area contributed by atoms with Crippen LogP contribution in [-0.2, 0) is 31.0 Å². The second kappa shape index (κ2) is 7.82. The van der Waals surface area contributed by atoms with Gasteiger partial charge in [0, 0.05) is 25.5 Å². The van der Waals surface area contributed by atoms with E-state index in [2.05, 4.69) is 21.5 Å². The number of rotatable bonds is 7. The van der Waals surface area contributed by atoms with Crippen molar-refractivity contribution in [1.82, 2.24) is 24.6 Å². The minimum atomic E-state index is -0.606. The van der Waals surface area contributed by atoms with Gasteiger partial charge in [-0.05, 0) is 11.6 Å². The zero-order chi connectivity index (χ0) is 17.8. The van der Waals surface area contributed by atoms with Crippen LogP contribution in [0.4, 0.5) is 0 Å². The molecule has 1 aliphatic heterocycles. The summed E-state index contributed by atoms with van der Waals surface area (Å²) in [5.41, 5.74) is 3.10. The van der Waals surface area contributed by atoms with E-state index in [0.717, 1.165) is 42.4 Å². The van der Waals surface area contributed by atoms with Gasteiger partial charge in [0.2, 0.25) is 0 Å². The molecule has 0 fully saturated rings. The Bertz CT molecular complexity index is 819. The van der Waals surface area contributed by atoms with E-state index in [1.807, 2.05) is 45.8 Å². The third-order valence-electron chi connectivity index (χ3n) is 4.44. The molecule has 1 aromatic carbocycles. The highest BCUT2D eigenvalue weighted by Crippen LogP contribution is 2.19. The average Bonchev–Trinajstić information content (AvgIpc) is 3.28. The molecule has 0 bridgehead atoms. The maximum atomic E-state index is 10.3. The van der Waals surface area contributed by atoms with Gasteiger partial charge < -0.3 is 19.7 Å². The molecule has 3 aromatic rings. The van der Waals surface area contributed by atoms with Gasteiger partial charge in [-0.15, -0.1) is 0 Å². The molecule has 2 N–H and O–H groups in total. The number of hydrogen-bond donors (Lipinski definition) is 2. The lowest BCUT2D eigenvalue weighted by molar-refractivity contribution is 0.0205. The first-order chi connectivity index (χ1) is 12.8. The first-order valence-electron chi connectivity index (χ1n) is 8.88. The van der Waals surface area contributed by atoms with Crippen LogP contribution in [0.3, 0.4) is 0 Å². The van der Waals surface area contributed by atoms with Crippen LogP contribution in [0, 0.1) is 0 Å². The summed E-state index contributed by atoms with van der Waals surface area (Å²) in [6, 6.07) is 12.0. The summed E-state index contributed by atoms with van der Waals surface area (Å²) in [5, 5.41) is 18.3. The molecule has 0 aliphatic carbocycles. The number of nitrogens with one attached hydrogen (secondary N) is 1. The van der Waals surface area contributed by atoms with E-state index < -0.39 is 6.10 Å². The van der Waals surface area contributed by atoms with Crippen molar-refractivity contribution in [3.8, 4) is 11.5 Å². The lowest BCUT2D eigenvalue weighted by atomic mass is 10.2. The predicted octanol–water partition coefficient (Wildman–Crippen LogP) is 1.43. The van der Waals surface area contributed by atoms with Crippen LogP contribution < -0.4 is 5.32 Å². The van der Waals surface area contributed by atoms with Gasteiger partial charge in [0.15, 0.2) is 5.82 Å². The Morgan fingerprint density at radius 2 is 2.15 bits per heavy atom. The molecule has 2 aromatic heterocycles. The summed E-state index contributed by atoms with van der Waals surface area (Å²) in [6.07, 6.45) is 3.00. The van der Waals surface area contributed by atoms with Crippen molar-refractivity contribution in [2.24, 2.45) is 0 Å². The highest BCUT2D eigenvalue weighted by Gasteiger charge is 2.17. The molecule has 1 atom stereocenters. The Hall–Kier alpha value is -2.48. The Morgan fingerprint density at radius 3 is 3.00 bits per heavy atom. The van der Waals surface area contributed by atoms with E-state index in [-0.39, 0.29) is 6.61 Å². The fourth-order valence-electron chi connectivity index (χ4n) is 3.16. The Kier molecular flexibility index (Phi) is 5.10. The van der Waals surface area contributed by atoms with E-state index in [1.54, 1.807) is 6.20 Å². The van der Waals surface area contributed by atoms with Crippen molar-refractivity contribution in [2.75, 3.05) is 13.2 Å². The van der Waals surface area contributed by atoms with E-state index in [0.29, 0.717) is 13.2 Å². The van der Waals surface area contributed by atoms with Crippen LogP contribution in [0.5, 0.6) is 0 Å². The van der Waals surface area contributed by atoms with Gasteiger partial charge in [0.1, 0.15) is 5.69 Å². The first-order valence-corrected chi connectivity index (χ1v) is 8.88. The fraction of sp³-hybridized carbons (Fsp3) is 0.368. The van der Waals surface area contributed by atoms with Gasteiger partial charge in [-0.3, -0.25) is 4.68 Å². The van der Waals surface area contributed by atoms with Crippen molar-refractivity contribution in [3.63, 3.8) is 0 Å². The monoisotopic (exact) mass is 353 g/mol. The lowest BCUT2D eigenvalue weighted by Gasteiger charge is -2.14. The van der Waals surface area contributed by atoms with Gasteiger partial charge in [0.05, 0.1) is 38.1 Å². The maximum absolute atomic E-state index is 10.3. The molecular weight excluding hydrogens is 330 g/mol. The SMILES string of the molecule is O[C@H](COCc1ccccc1)Cn1ccnc1-c1cc2n(n1)CCNC2. The highest BCUT2D eigenvalue weighted by molar-refractivity contribution is 5.50. The number of aliphatic hydroxyl groups excluding tert-OH is 1. The number of fused-ring (bicyclic) bond motifs is 1. The molecule has 4 rings (SSSR count). The third kappa shape index (κ3) is 3.85. The normalized spacial score (nSPS) is 15.0. The van der Waals surface area contributed by atoms with Crippen LogP contribution in [0.1, 0.15) is 11.3 Å². The molecule has 3 heterocycles. The van der Waals surface area contributed by atoms with Crippen molar-refractivity contribution >= 4 is 0 Å². The molecular formula is C19H23N5O2. The molecule has 0 radical (unpaired) electrons. The van der Waals surface area contributed by atoms with E-state index in [4.69, 9.17) is 4.74 Å². The predicted molar refractivity (Wildman–Crippen MR) is 97.3 cm³/mol. The number of aliphatic hydroxyl groups is 1. The lowest BCUT2D eigenvalue weighted by Crippen LogP contribution is -2.28.